The van der Waals surface area contributed by atoms with Crippen LogP contribution in [0.4, 0.5) is 0 Å². The summed E-state index contributed by atoms with van der Waals surface area (Å²) in [5.74, 6) is 0.427. The second kappa shape index (κ2) is 6.97. The Morgan fingerprint density at radius 2 is 2.00 bits per heavy atom. The zero-order valence-electron chi connectivity index (χ0n) is 14.0. The van der Waals surface area contributed by atoms with Gasteiger partial charge >= 0.3 is 0 Å². The van der Waals surface area contributed by atoms with Crippen LogP contribution >= 0.6 is 0 Å². The lowest BCUT2D eigenvalue weighted by Gasteiger charge is -2.32. The molecule has 3 heterocycles. The smallest absolute Gasteiger partial charge is 0.274 e. The fourth-order valence-electron chi connectivity index (χ4n) is 3.64. The number of benzene rings is 1. The van der Waals surface area contributed by atoms with Gasteiger partial charge in [0.05, 0.1) is 5.52 Å². The number of piperidine rings is 1. The SMILES string of the molecule is O=C(c1cccnn1)N1CCC[C@@H](Cc2cccc3cccnc23)C1. The summed E-state index contributed by atoms with van der Waals surface area (Å²) in [5, 5.41) is 8.94. The largest absolute Gasteiger partial charge is 0.337 e. The molecular formula is C20H20N4O. The Balaban J connectivity index is 1.51. The number of carbonyl (C=O) groups excluding carboxylic acids is 1. The van der Waals surface area contributed by atoms with Crippen molar-refractivity contribution in [2.45, 2.75) is 19.3 Å². The van der Waals surface area contributed by atoms with Crippen LogP contribution < -0.4 is 0 Å². The molecule has 126 valence electrons. The van der Waals surface area contributed by atoms with Gasteiger partial charge in [-0.3, -0.25) is 9.78 Å². The van der Waals surface area contributed by atoms with Crippen molar-refractivity contribution in [1.82, 2.24) is 20.1 Å². The van der Waals surface area contributed by atoms with Gasteiger partial charge in [-0.25, -0.2) is 0 Å². The molecule has 0 spiro atoms. The summed E-state index contributed by atoms with van der Waals surface area (Å²) in [5.41, 5.74) is 2.76. The monoisotopic (exact) mass is 332 g/mol. The number of pyridine rings is 1. The summed E-state index contributed by atoms with van der Waals surface area (Å²) in [6, 6.07) is 13.9. The maximum Gasteiger partial charge on any atom is 0.274 e. The molecule has 0 bridgehead atoms. The van der Waals surface area contributed by atoms with Gasteiger partial charge in [-0.2, -0.15) is 5.10 Å². The third-order valence-electron chi connectivity index (χ3n) is 4.82. The first-order chi connectivity index (χ1) is 12.3. The lowest BCUT2D eigenvalue weighted by Crippen LogP contribution is -2.40. The highest BCUT2D eigenvalue weighted by molar-refractivity contribution is 5.92. The number of rotatable bonds is 3. The topological polar surface area (TPSA) is 59.0 Å². The fourth-order valence-corrected chi connectivity index (χ4v) is 3.64. The highest BCUT2D eigenvalue weighted by Gasteiger charge is 2.25. The van der Waals surface area contributed by atoms with Crippen molar-refractivity contribution in [3.63, 3.8) is 0 Å². The molecule has 0 saturated carbocycles. The first kappa shape index (κ1) is 15.7. The number of likely N-dealkylation sites (tertiary alicyclic amines) is 1. The molecule has 3 aromatic rings. The molecule has 0 radical (unpaired) electrons. The van der Waals surface area contributed by atoms with Crippen LogP contribution in [0.2, 0.25) is 0 Å². The molecule has 5 heteroatoms. The first-order valence-electron chi connectivity index (χ1n) is 8.71. The molecule has 5 nitrogen and oxygen atoms in total. The van der Waals surface area contributed by atoms with Crippen LogP contribution in [0.25, 0.3) is 10.9 Å². The van der Waals surface area contributed by atoms with Gasteiger partial charge in [-0.1, -0.05) is 24.3 Å². The van der Waals surface area contributed by atoms with Crippen LogP contribution in [-0.2, 0) is 6.42 Å². The van der Waals surface area contributed by atoms with Gasteiger partial charge in [-0.05, 0) is 48.9 Å². The van der Waals surface area contributed by atoms with E-state index in [1.165, 1.54) is 10.9 Å². The maximum atomic E-state index is 12.6. The van der Waals surface area contributed by atoms with E-state index in [0.717, 1.165) is 37.9 Å². The molecule has 1 atom stereocenters. The Labute approximate surface area is 146 Å². The number of hydrogen-bond donors (Lipinski definition) is 0. The number of hydrogen-bond acceptors (Lipinski definition) is 4. The van der Waals surface area contributed by atoms with Gasteiger partial charge < -0.3 is 4.90 Å². The molecule has 4 rings (SSSR count). The predicted molar refractivity (Wildman–Crippen MR) is 96.1 cm³/mol. The maximum absolute atomic E-state index is 12.6. The van der Waals surface area contributed by atoms with E-state index in [1.807, 2.05) is 17.2 Å². The third-order valence-corrected chi connectivity index (χ3v) is 4.82. The summed E-state index contributed by atoms with van der Waals surface area (Å²) in [6.07, 6.45) is 6.53. The Morgan fingerprint density at radius 3 is 2.88 bits per heavy atom. The van der Waals surface area contributed by atoms with E-state index in [-0.39, 0.29) is 5.91 Å². The van der Waals surface area contributed by atoms with Gasteiger partial charge in [0, 0.05) is 30.9 Å². The highest BCUT2D eigenvalue weighted by atomic mass is 16.2. The molecule has 0 unspecified atom stereocenters. The minimum absolute atomic E-state index is 0.0196. The van der Waals surface area contributed by atoms with Gasteiger partial charge in [0.2, 0.25) is 0 Å². The van der Waals surface area contributed by atoms with E-state index in [4.69, 9.17) is 0 Å². The third kappa shape index (κ3) is 3.36. The molecule has 25 heavy (non-hydrogen) atoms. The molecule has 1 aromatic carbocycles. The molecule has 1 amide bonds. The van der Waals surface area contributed by atoms with Crippen molar-refractivity contribution >= 4 is 16.8 Å². The number of nitrogens with zero attached hydrogens (tertiary/aromatic N) is 4. The molecule has 1 fully saturated rings. The molecule has 1 aliphatic rings. The standard InChI is InChI=1S/C20H20N4O/c25-20(18-9-3-11-22-23-18)24-12-4-5-15(14-24)13-17-7-1-6-16-8-2-10-21-19(16)17/h1-3,6-11,15H,4-5,12-14H2/t15-/m0/s1. The lowest BCUT2D eigenvalue weighted by molar-refractivity contribution is 0.0666. The zero-order valence-corrected chi connectivity index (χ0v) is 14.0. The van der Waals surface area contributed by atoms with Gasteiger partial charge in [0.25, 0.3) is 5.91 Å². The van der Waals surface area contributed by atoms with Crippen LogP contribution in [0.5, 0.6) is 0 Å². The van der Waals surface area contributed by atoms with Crippen molar-refractivity contribution < 1.29 is 4.79 Å². The number of carbonyl (C=O) groups is 1. The van der Waals surface area contributed by atoms with Gasteiger partial charge in [-0.15, -0.1) is 5.10 Å². The predicted octanol–water partition coefficient (Wildman–Crippen LogP) is 3.12. The molecule has 1 aliphatic heterocycles. The van der Waals surface area contributed by atoms with Crippen molar-refractivity contribution in [3.8, 4) is 0 Å². The molecule has 0 N–H and O–H groups in total. The number of amides is 1. The van der Waals surface area contributed by atoms with Crippen LogP contribution in [0.1, 0.15) is 28.9 Å². The average molecular weight is 332 g/mol. The zero-order chi connectivity index (χ0) is 17.1. The second-order valence-corrected chi connectivity index (χ2v) is 6.56. The van der Waals surface area contributed by atoms with E-state index < -0.39 is 0 Å². The summed E-state index contributed by atoms with van der Waals surface area (Å²) >= 11 is 0. The van der Waals surface area contributed by atoms with E-state index in [9.17, 15) is 4.79 Å². The quantitative estimate of drug-likeness (QED) is 0.739. The molecule has 1 saturated heterocycles. The summed E-state index contributed by atoms with van der Waals surface area (Å²) in [4.78, 5) is 19.1. The van der Waals surface area contributed by atoms with Crippen molar-refractivity contribution in [2.24, 2.45) is 5.92 Å². The average Bonchev–Trinajstić information content (AvgIpc) is 2.69. The van der Waals surface area contributed by atoms with Crippen molar-refractivity contribution in [2.75, 3.05) is 13.1 Å². The Morgan fingerprint density at radius 1 is 1.12 bits per heavy atom. The Hall–Kier alpha value is -2.82. The fraction of sp³-hybridized carbons (Fsp3) is 0.300. The van der Waals surface area contributed by atoms with Gasteiger partial charge in [0.15, 0.2) is 5.69 Å². The van der Waals surface area contributed by atoms with E-state index in [0.29, 0.717) is 11.6 Å². The number of para-hydroxylation sites is 1. The minimum atomic E-state index is -0.0196. The second-order valence-electron chi connectivity index (χ2n) is 6.56. The molecular weight excluding hydrogens is 312 g/mol. The van der Waals surface area contributed by atoms with Crippen LogP contribution in [0.15, 0.2) is 54.9 Å². The Kier molecular flexibility index (Phi) is 4.37. The number of aromatic nitrogens is 3. The highest BCUT2D eigenvalue weighted by Crippen LogP contribution is 2.25. The first-order valence-corrected chi connectivity index (χ1v) is 8.71. The lowest BCUT2D eigenvalue weighted by atomic mass is 9.90. The Bertz CT molecular complexity index is 876. The normalized spacial score (nSPS) is 17.6. The van der Waals surface area contributed by atoms with E-state index in [1.54, 1.807) is 18.3 Å². The van der Waals surface area contributed by atoms with E-state index in [2.05, 4.69) is 39.4 Å². The summed E-state index contributed by atoms with van der Waals surface area (Å²) < 4.78 is 0. The summed E-state index contributed by atoms with van der Waals surface area (Å²) in [7, 11) is 0. The molecule has 0 aliphatic carbocycles. The van der Waals surface area contributed by atoms with Crippen LogP contribution in [0.3, 0.4) is 0 Å². The van der Waals surface area contributed by atoms with E-state index >= 15 is 0 Å². The molecule has 2 aromatic heterocycles. The minimum Gasteiger partial charge on any atom is -0.337 e. The van der Waals surface area contributed by atoms with Crippen LogP contribution in [-0.4, -0.2) is 39.1 Å². The van der Waals surface area contributed by atoms with Crippen LogP contribution in [0, 0.1) is 5.92 Å². The summed E-state index contributed by atoms with van der Waals surface area (Å²) in [6.45, 7) is 1.55. The van der Waals surface area contributed by atoms with Gasteiger partial charge in [0.1, 0.15) is 0 Å². The van der Waals surface area contributed by atoms with Crippen molar-refractivity contribution in [3.05, 3.63) is 66.1 Å². The number of fused-ring (bicyclic) bond motifs is 1. The van der Waals surface area contributed by atoms with Crippen molar-refractivity contribution in [1.29, 1.82) is 0 Å².